The lowest BCUT2D eigenvalue weighted by molar-refractivity contribution is -0.121. The highest BCUT2D eigenvalue weighted by atomic mass is 79.9. The van der Waals surface area contributed by atoms with Crippen LogP contribution in [0.25, 0.3) is 0 Å². The highest BCUT2D eigenvalue weighted by Crippen LogP contribution is 2.23. The Kier molecular flexibility index (Phi) is 7.44. The standard InChI is InChI=1S/C13H19BrN2O2/c1-15-8-9-16-13(17)7-4-10-18-12-6-3-2-5-11(12)14/h2-3,5-6,15H,4,7-10H2,1H3,(H,16,17). The minimum Gasteiger partial charge on any atom is -0.492 e. The molecule has 1 rings (SSSR count). The lowest BCUT2D eigenvalue weighted by Gasteiger charge is -2.08. The zero-order chi connectivity index (χ0) is 13.2. The SMILES string of the molecule is CNCCNC(=O)CCCOc1ccccc1Br. The molecule has 0 aliphatic rings. The maximum atomic E-state index is 11.4. The van der Waals surface area contributed by atoms with E-state index in [1.165, 1.54) is 0 Å². The van der Waals surface area contributed by atoms with Crippen molar-refractivity contribution in [2.45, 2.75) is 12.8 Å². The molecule has 0 fully saturated rings. The quantitative estimate of drug-likeness (QED) is 0.721. The number of nitrogens with one attached hydrogen (secondary N) is 2. The molecule has 0 saturated heterocycles. The maximum Gasteiger partial charge on any atom is 0.220 e. The zero-order valence-electron chi connectivity index (χ0n) is 10.5. The van der Waals surface area contributed by atoms with E-state index in [0.29, 0.717) is 26.0 Å². The first kappa shape index (κ1) is 15.0. The lowest BCUT2D eigenvalue weighted by atomic mass is 10.3. The number of para-hydroxylation sites is 1. The fourth-order valence-corrected chi connectivity index (χ4v) is 1.79. The van der Waals surface area contributed by atoms with Gasteiger partial charge in [-0.05, 0) is 41.5 Å². The molecule has 18 heavy (non-hydrogen) atoms. The summed E-state index contributed by atoms with van der Waals surface area (Å²) in [6.45, 7) is 2.00. The average molecular weight is 315 g/mol. The number of ether oxygens (including phenoxy) is 1. The van der Waals surface area contributed by atoms with E-state index in [9.17, 15) is 4.79 Å². The van der Waals surface area contributed by atoms with Crippen LogP contribution in [0.3, 0.4) is 0 Å². The Morgan fingerprint density at radius 3 is 2.83 bits per heavy atom. The largest absolute Gasteiger partial charge is 0.492 e. The molecule has 0 spiro atoms. The Morgan fingerprint density at radius 1 is 1.33 bits per heavy atom. The number of benzene rings is 1. The summed E-state index contributed by atoms with van der Waals surface area (Å²) in [6, 6.07) is 7.69. The van der Waals surface area contributed by atoms with Gasteiger partial charge in [0, 0.05) is 19.5 Å². The highest BCUT2D eigenvalue weighted by molar-refractivity contribution is 9.10. The summed E-state index contributed by atoms with van der Waals surface area (Å²) >= 11 is 3.41. The monoisotopic (exact) mass is 314 g/mol. The topological polar surface area (TPSA) is 50.4 Å². The van der Waals surface area contributed by atoms with E-state index in [4.69, 9.17) is 4.74 Å². The summed E-state index contributed by atoms with van der Waals surface area (Å²) in [4.78, 5) is 11.4. The lowest BCUT2D eigenvalue weighted by Crippen LogP contribution is -2.30. The minimum atomic E-state index is 0.0703. The number of halogens is 1. The van der Waals surface area contributed by atoms with Crippen molar-refractivity contribution >= 4 is 21.8 Å². The third-order valence-electron chi connectivity index (χ3n) is 2.34. The van der Waals surface area contributed by atoms with Crippen molar-refractivity contribution in [3.8, 4) is 5.75 Å². The third kappa shape index (κ3) is 6.02. The van der Waals surface area contributed by atoms with Crippen LogP contribution in [0.4, 0.5) is 0 Å². The number of carbonyl (C=O) groups is 1. The van der Waals surface area contributed by atoms with Crippen molar-refractivity contribution in [3.05, 3.63) is 28.7 Å². The second kappa shape index (κ2) is 8.94. The van der Waals surface area contributed by atoms with Crippen molar-refractivity contribution in [2.75, 3.05) is 26.7 Å². The molecule has 5 heteroatoms. The molecule has 0 radical (unpaired) electrons. The first-order valence-electron chi connectivity index (χ1n) is 6.02. The summed E-state index contributed by atoms with van der Waals surface area (Å²) in [6.07, 6.45) is 1.21. The molecule has 0 unspecified atom stereocenters. The smallest absolute Gasteiger partial charge is 0.220 e. The maximum absolute atomic E-state index is 11.4. The molecule has 1 aromatic rings. The van der Waals surface area contributed by atoms with Crippen LogP contribution in [-0.2, 0) is 4.79 Å². The van der Waals surface area contributed by atoms with Crippen LogP contribution in [0.15, 0.2) is 28.7 Å². The first-order chi connectivity index (χ1) is 8.74. The van der Waals surface area contributed by atoms with Crippen molar-refractivity contribution in [3.63, 3.8) is 0 Å². The molecule has 2 N–H and O–H groups in total. The van der Waals surface area contributed by atoms with E-state index in [2.05, 4.69) is 26.6 Å². The number of carbonyl (C=O) groups excluding carboxylic acids is 1. The fraction of sp³-hybridized carbons (Fsp3) is 0.462. The predicted octanol–water partition coefficient (Wildman–Crippen LogP) is 1.94. The molecule has 4 nitrogen and oxygen atoms in total. The van der Waals surface area contributed by atoms with Crippen molar-refractivity contribution in [1.82, 2.24) is 10.6 Å². The van der Waals surface area contributed by atoms with Gasteiger partial charge in [0.15, 0.2) is 0 Å². The van der Waals surface area contributed by atoms with Gasteiger partial charge in [0.05, 0.1) is 11.1 Å². The van der Waals surface area contributed by atoms with Gasteiger partial charge in [-0.15, -0.1) is 0 Å². The summed E-state index contributed by atoms with van der Waals surface area (Å²) in [5, 5.41) is 5.80. The van der Waals surface area contributed by atoms with E-state index in [-0.39, 0.29) is 5.91 Å². The van der Waals surface area contributed by atoms with Gasteiger partial charge in [-0.3, -0.25) is 4.79 Å². The van der Waals surface area contributed by atoms with Crippen LogP contribution >= 0.6 is 15.9 Å². The Hall–Kier alpha value is -1.07. The number of rotatable bonds is 8. The predicted molar refractivity (Wildman–Crippen MR) is 75.8 cm³/mol. The molecule has 0 aromatic heterocycles. The van der Waals surface area contributed by atoms with Crippen LogP contribution < -0.4 is 15.4 Å². The highest BCUT2D eigenvalue weighted by Gasteiger charge is 2.02. The second-order valence-electron chi connectivity index (χ2n) is 3.84. The van der Waals surface area contributed by atoms with E-state index < -0.39 is 0 Å². The molecular formula is C13H19BrN2O2. The Labute approximate surface area is 116 Å². The summed E-state index contributed by atoms with van der Waals surface area (Å²) < 4.78 is 6.51. The Balaban J connectivity index is 2.12. The van der Waals surface area contributed by atoms with E-state index >= 15 is 0 Å². The van der Waals surface area contributed by atoms with Crippen molar-refractivity contribution in [2.24, 2.45) is 0 Å². The molecule has 0 atom stereocenters. The average Bonchev–Trinajstić information content (AvgIpc) is 2.37. The van der Waals surface area contributed by atoms with Gasteiger partial charge in [0.2, 0.25) is 5.91 Å². The molecule has 0 heterocycles. The van der Waals surface area contributed by atoms with Gasteiger partial charge in [-0.2, -0.15) is 0 Å². The minimum absolute atomic E-state index is 0.0703. The normalized spacial score (nSPS) is 10.1. The summed E-state index contributed by atoms with van der Waals surface area (Å²) in [5.74, 6) is 0.883. The van der Waals surface area contributed by atoms with Gasteiger partial charge in [0.1, 0.15) is 5.75 Å². The number of likely N-dealkylation sites (N-methyl/N-ethyl adjacent to an activating group) is 1. The zero-order valence-corrected chi connectivity index (χ0v) is 12.1. The molecule has 0 aliphatic heterocycles. The van der Waals surface area contributed by atoms with Gasteiger partial charge >= 0.3 is 0 Å². The van der Waals surface area contributed by atoms with Crippen LogP contribution in [0.5, 0.6) is 5.75 Å². The summed E-state index contributed by atoms with van der Waals surface area (Å²) in [7, 11) is 1.86. The van der Waals surface area contributed by atoms with Crippen LogP contribution in [0.2, 0.25) is 0 Å². The van der Waals surface area contributed by atoms with E-state index in [1.54, 1.807) is 0 Å². The van der Waals surface area contributed by atoms with E-state index in [1.807, 2.05) is 31.3 Å². The Morgan fingerprint density at radius 2 is 2.11 bits per heavy atom. The molecule has 0 saturated carbocycles. The van der Waals surface area contributed by atoms with Crippen molar-refractivity contribution < 1.29 is 9.53 Å². The fourth-order valence-electron chi connectivity index (χ4n) is 1.39. The van der Waals surface area contributed by atoms with Crippen molar-refractivity contribution in [1.29, 1.82) is 0 Å². The first-order valence-corrected chi connectivity index (χ1v) is 6.82. The van der Waals surface area contributed by atoms with Gasteiger partial charge in [-0.25, -0.2) is 0 Å². The summed E-state index contributed by atoms with van der Waals surface area (Å²) in [5.41, 5.74) is 0. The molecule has 1 amide bonds. The van der Waals surface area contributed by atoms with Gasteiger partial charge in [-0.1, -0.05) is 12.1 Å². The van der Waals surface area contributed by atoms with Crippen LogP contribution in [0, 0.1) is 0 Å². The van der Waals surface area contributed by atoms with Crippen LogP contribution in [-0.4, -0.2) is 32.7 Å². The van der Waals surface area contributed by atoms with E-state index in [0.717, 1.165) is 16.8 Å². The van der Waals surface area contributed by atoms with Gasteiger partial charge in [0.25, 0.3) is 0 Å². The second-order valence-corrected chi connectivity index (χ2v) is 4.69. The number of hydrogen-bond acceptors (Lipinski definition) is 3. The molecule has 0 bridgehead atoms. The van der Waals surface area contributed by atoms with Crippen LogP contribution in [0.1, 0.15) is 12.8 Å². The molecular weight excluding hydrogens is 296 g/mol. The van der Waals surface area contributed by atoms with Gasteiger partial charge < -0.3 is 15.4 Å². The third-order valence-corrected chi connectivity index (χ3v) is 2.99. The number of amides is 1. The molecule has 100 valence electrons. The molecule has 1 aromatic carbocycles. The number of hydrogen-bond donors (Lipinski definition) is 2. The molecule has 0 aliphatic carbocycles. The Bertz CT molecular complexity index is 372.